The minimum absolute atomic E-state index is 0.0755. The van der Waals surface area contributed by atoms with E-state index in [9.17, 15) is 14.4 Å². The van der Waals surface area contributed by atoms with Gasteiger partial charge in [0.1, 0.15) is 11.8 Å². The fraction of sp³-hybridized carbons (Fsp3) is 0.240. The van der Waals surface area contributed by atoms with Crippen LogP contribution in [0.15, 0.2) is 71.3 Å². The van der Waals surface area contributed by atoms with Crippen molar-refractivity contribution in [1.82, 2.24) is 10.2 Å². The van der Waals surface area contributed by atoms with E-state index < -0.39 is 6.04 Å². The fourth-order valence-corrected chi connectivity index (χ4v) is 4.45. The molecule has 2 aliphatic rings. The van der Waals surface area contributed by atoms with E-state index in [4.69, 9.17) is 4.42 Å². The Bertz CT molecular complexity index is 1170. The number of furan rings is 1. The second-order valence-corrected chi connectivity index (χ2v) is 8.06. The third-order valence-electron chi connectivity index (χ3n) is 6.02. The number of hydrogen-bond acceptors (Lipinski definition) is 4. The zero-order chi connectivity index (χ0) is 22.1. The quantitative estimate of drug-likeness (QED) is 0.674. The van der Waals surface area contributed by atoms with Crippen molar-refractivity contribution in [3.63, 3.8) is 0 Å². The molecule has 3 heterocycles. The summed E-state index contributed by atoms with van der Waals surface area (Å²) >= 11 is 0. The lowest BCUT2D eigenvalue weighted by molar-refractivity contribution is -0.122. The Kier molecular flexibility index (Phi) is 5.23. The maximum atomic E-state index is 13.4. The second kappa shape index (κ2) is 8.34. The molecule has 3 amide bonds. The minimum Gasteiger partial charge on any atom is -0.467 e. The van der Waals surface area contributed by atoms with E-state index in [1.165, 1.54) is 0 Å². The average Bonchev–Trinajstić information content (AvgIpc) is 3.51. The van der Waals surface area contributed by atoms with Crippen LogP contribution in [0.25, 0.3) is 0 Å². The summed E-state index contributed by atoms with van der Waals surface area (Å²) in [7, 11) is 0. The van der Waals surface area contributed by atoms with Crippen molar-refractivity contribution < 1.29 is 18.8 Å². The number of amides is 3. The first-order valence-electron chi connectivity index (χ1n) is 10.7. The highest BCUT2D eigenvalue weighted by molar-refractivity contribution is 6.11. The maximum Gasteiger partial charge on any atom is 0.256 e. The molecule has 1 fully saturated rings. The predicted octanol–water partition coefficient (Wildman–Crippen LogP) is 3.36. The van der Waals surface area contributed by atoms with E-state index in [0.29, 0.717) is 42.1 Å². The van der Waals surface area contributed by atoms with Crippen molar-refractivity contribution in [2.24, 2.45) is 0 Å². The summed E-state index contributed by atoms with van der Waals surface area (Å²) < 4.78 is 5.25. The molecular formula is C25H23N3O4. The number of nitrogens with one attached hydrogen (secondary N) is 1. The van der Waals surface area contributed by atoms with Gasteiger partial charge in [-0.15, -0.1) is 0 Å². The minimum atomic E-state index is -0.435. The molecule has 0 bridgehead atoms. The first-order valence-corrected chi connectivity index (χ1v) is 10.7. The molecule has 162 valence electrons. The summed E-state index contributed by atoms with van der Waals surface area (Å²) in [5.41, 5.74) is 2.48. The van der Waals surface area contributed by atoms with Crippen LogP contribution in [0.5, 0.6) is 0 Å². The Hall–Kier alpha value is -3.87. The van der Waals surface area contributed by atoms with Crippen molar-refractivity contribution in [2.45, 2.75) is 32.0 Å². The predicted molar refractivity (Wildman–Crippen MR) is 118 cm³/mol. The van der Waals surface area contributed by atoms with E-state index in [2.05, 4.69) is 5.32 Å². The van der Waals surface area contributed by atoms with Crippen LogP contribution in [-0.2, 0) is 17.9 Å². The van der Waals surface area contributed by atoms with Crippen LogP contribution in [-0.4, -0.2) is 35.2 Å². The molecule has 7 heteroatoms. The summed E-state index contributed by atoms with van der Waals surface area (Å²) in [6.07, 6.45) is 3.06. The van der Waals surface area contributed by atoms with E-state index in [0.717, 1.165) is 12.0 Å². The molecule has 2 aromatic carbocycles. The van der Waals surface area contributed by atoms with Gasteiger partial charge in [-0.3, -0.25) is 14.4 Å². The molecule has 1 atom stereocenters. The van der Waals surface area contributed by atoms with Gasteiger partial charge in [0.15, 0.2) is 0 Å². The van der Waals surface area contributed by atoms with Crippen LogP contribution >= 0.6 is 0 Å². The fourth-order valence-electron chi connectivity index (χ4n) is 4.45. The number of nitrogens with zero attached hydrogens (tertiary/aromatic N) is 2. The normalized spacial score (nSPS) is 17.7. The van der Waals surface area contributed by atoms with Crippen molar-refractivity contribution in [2.75, 3.05) is 11.4 Å². The number of carbonyl (C=O) groups excluding carboxylic acids is 3. The third-order valence-corrected chi connectivity index (χ3v) is 6.02. The van der Waals surface area contributed by atoms with Crippen LogP contribution in [0.2, 0.25) is 0 Å². The lowest BCUT2D eigenvalue weighted by Gasteiger charge is -2.26. The van der Waals surface area contributed by atoms with Gasteiger partial charge >= 0.3 is 0 Å². The number of rotatable bonds is 5. The van der Waals surface area contributed by atoms with E-state index in [1.54, 1.807) is 52.5 Å². The average molecular weight is 429 g/mol. The second-order valence-electron chi connectivity index (χ2n) is 8.06. The van der Waals surface area contributed by atoms with E-state index in [-0.39, 0.29) is 24.3 Å². The van der Waals surface area contributed by atoms with Gasteiger partial charge in [-0.1, -0.05) is 24.3 Å². The molecule has 3 aromatic rings. The van der Waals surface area contributed by atoms with Crippen molar-refractivity contribution >= 4 is 23.4 Å². The summed E-state index contributed by atoms with van der Waals surface area (Å²) in [5.74, 6) is 0.286. The summed E-state index contributed by atoms with van der Waals surface area (Å²) in [4.78, 5) is 42.5. The lowest BCUT2D eigenvalue weighted by Crippen LogP contribution is -2.44. The van der Waals surface area contributed by atoms with Crippen LogP contribution < -0.4 is 10.2 Å². The van der Waals surface area contributed by atoms with Gasteiger partial charge in [0.25, 0.3) is 11.8 Å². The third kappa shape index (κ3) is 3.66. The highest BCUT2D eigenvalue weighted by atomic mass is 16.3. The monoisotopic (exact) mass is 429 g/mol. The topological polar surface area (TPSA) is 82.9 Å². The van der Waals surface area contributed by atoms with Crippen molar-refractivity contribution in [1.29, 1.82) is 0 Å². The van der Waals surface area contributed by atoms with Crippen LogP contribution in [0.4, 0.5) is 5.69 Å². The number of benzene rings is 2. The molecule has 1 saturated heterocycles. The Morgan fingerprint density at radius 1 is 1.06 bits per heavy atom. The van der Waals surface area contributed by atoms with Gasteiger partial charge in [0, 0.05) is 12.1 Å². The molecule has 0 radical (unpaired) electrons. The molecule has 2 aliphatic heterocycles. The number of anilines is 1. The van der Waals surface area contributed by atoms with Crippen LogP contribution in [0.3, 0.4) is 0 Å². The summed E-state index contributed by atoms with van der Waals surface area (Å²) in [6.45, 7) is 1.18. The molecular weight excluding hydrogens is 406 g/mol. The Morgan fingerprint density at radius 2 is 1.94 bits per heavy atom. The zero-order valence-corrected chi connectivity index (χ0v) is 17.5. The smallest absolute Gasteiger partial charge is 0.256 e. The van der Waals surface area contributed by atoms with E-state index in [1.807, 2.05) is 24.3 Å². The molecule has 0 aliphatic carbocycles. The molecule has 1 N–H and O–H groups in total. The molecule has 0 spiro atoms. The molecule has 32 heavy (non-hydrogen) atoms. The van der Waals surface area contributed by atoms with Gasteiger partial charge in [-0.2, -0.15) is 0 Å². The largest absolute Gasteiger partial charge is 0.467 e. The van der Waals surface area contributed by atoms with Crippen molar-refractivity contribution in [3.05, 3.63) is 89.4 Å². The first kappa shape index (κ1) is 20.1. The van der Waals surface area contributed by atoms with Crippen molar-refractivity contribution in [3.8, 4) is 0 Å². The summed E-state index contributed by atoms with van der Waals surface area (Å²) in [5, 5.41) is 2.84. The van der Waals surface area contributed by atoms with Gasteiger partial charge in [-0.05, 0) is 54.8 Å². The van der Waals surface area contributed by atoms with Gasteiger partial charge in [-0.25, -0.2) is 0 Å². The van der Waals surface area contributed by atoms with Gasteiger partial charge < -0.3 is 19.5 Å². The molecule has 1 aromatic heterocycles. The van der Waals surface area contributed by atoms with Crippen LogP contribution in [0.1, 0.15) is 44.9 Å². The standard InChI is InChI=1S/C25H23N3O4/c29-23(26-15-19-8-5-13-32-19)18-7-3-6-17(14-18)16-28-21-10-2-1-9-20(21)24(30)27-12-4-11-22(27)25(28)31/h1-3,5-10,13-14,22H,4,11-12,15-16H2,(H,26,29). The number of carbonyl (C=O) groups is 3. The SMILES string of the molecule is O=C(NCc1ccco1)c1cccc(CN2C(=O)C3CCCN3C(=O)c3ccccc32)c1. The number of hydrogen-bond donors (Lipinski definition) is 1. The summed E-state index contributed by atoms with van der Waals surface area (Å²) in [6, 6.07) is 17.6. The Balaban J connectivity index is 1.41. The first-order chi connectivity index (χ1) is 15.6. The van der Waals surface area contributed by atoms with Gasteiger partial charge in [0.05, 0.1) is 30.6 Å². The highest BCUT2D eigenvalue weighted by Crippen LogP contribution is 2.33. The Morgan fingerprint density at radius 3 is 2.78 bits per heavy atom. The van der Waals surface area contributed by atoms with E-state index >= 15 is 0 Å². The maximum absolute atomic E-state index is 13.4. The van der Waals surface area contributed by atoms with Crippen LogP contribution in [0, 0.1) is 0 Å². The molecule has 0 saturated carbocycles. The van der Waals surface area contributed by atoms with Gasteiger partial charge in [0.2, 0.25) is 5.91 Å². The molecule has 5 rings (SSSR count). The molecule has 1 unspecified atom stereocenters. The molecule has 7 nitrogen and oxygen atoms in total. The number of fused-ring (bicyclic) bond motifs is 2. The lowest BCUT2D eigenvalue weighted by atomic mass is 10.1. The Labute approximate surface area is 185 Å². The highest BCUT2D eigenvalue weighted by Gasteiger charge is 2.41. The number of para-hydroxylation sites is 1. The zero-order valence-electron chi connectivity index (χ0n) is 17.5.